The lowest BCUT2D eigenvalue weighted by atomic mass is 10.1. The van der Waals surface area contributed by atoms with E-state index in [1.54, 1.807) is 4.90 Å². The number of aromatic nitrogens is 2. The minimum atomic E-state index is -0.928. The van der Waals surface area contributed by atoms with Crippen LogP contribution in [0.1, 0.15) is 23.4 Å². The highest BCUT2D eigenvalue weighted by atomic mass is 16.5. The van der Waals surface area contributed by atoms with Crippen LogP contribution >= 0.6 is 0 Å². The fourth-order valence-corrected chi connectivity index (χ4v) is 3.36. The average Bonchev–Trinajstić information content (AvgIpc) is 2.90. The first-order valence-electron chi connectivity index (χ1n) is 8.67. The molecule has 0 spiro atoms. The van der Waals surface area contributed by atoms with E-state index in [-0.39, 0.29) is 25.4 Å². The first-order valence-corrected chi connectivity index (χ1v) is 8.67. The molecule has 1 aliphatic rings. The van der Waals surface area contributed by atoms with Crippen molar-refractivity contribution in [1.29, 1.82) is 0 Å². The number of carboxylic acid groups (broad SMARTS) is 1. The summed E-state index contributed by atoms with van der Waals surface area (Å²) in [5, 5.41) is 13.6. The Bertz CT molecular complexity index is 801. The number of carbonyl (C=O) groups excluding carboxylic acids is 1. The molecular formula is C19H23N3O4. The summed E-state index contributed by atoms with van der Waals surface area (Å²) in [7, 11) is 0. The first-order chi connectivity index (χ1) is 12.5. The summed E-state index contributed by atoms with van der Waals surface area (Å²) in [6.45, 7) is 4.96. The molecule has 7 nitrogen and oxygen atoms in total. The van der Waals surface area contributed by atoms with E-state index in [2.05, 4.69) is 5.10 Å². The number of para-hydroxylation sites is 1. The van der Waals surface area contributed by atoms with Crippen LogP contribution in [0.5, 0.6) is 0 Å². The molecule has 0 bridgehead atoms. The molecule has 26 heavy (non-hydrogen) atoms. The predicted molar refractivity (Wildman–Crippen MR) is 95.3 cm³/mol. The number of carbonyl (C=O) groups is 2. The third-order valence-electron chi connectivity index (χ3n) is 4.73. The first kappa shape index (κ1) is 18.1. The number of carboxylic acids is 1. The Morgan fingerprint density at radius 3 is 2.69 bits per heavy atom. The van der Waals surface area contributed by atoms with Crippen LogP contribution in [0.25, 0.3) is 5.69 Å². The second-order valence-corrected chi connectivity index (χ2v) is 6.49. The summed E-state index contributed by atoms with van der Waals surface area (Å²) in [5.74, 6) is -1.01. The van der Waals surface area contributed by atoms with Crippen LogP contribution in [0.4, 0.5) is 0 Å². The number of ether oxygens (including phenoxy) is 1. The van der Waals surface area contributed by atoms with Crippen molar-refractivity contribution < 1.29 is 19.4 Å². The molecule has 138 valence electrons. The van der Waals surface area contributed by atoms with E-state index in [9.17, 15) is 9.59 Å². The van der Waals surface area contributed by atoms with Crippen LogP contribution in [0.15, 0.2) is 30.3 Å². The van der Waals surface area contributed by atoms with E-state index < -0.39 is 12.0 Å². The average molecular weight is 357 g/mol. The Balaban J connectivity index is 1.81. The third kappa shape index (κ3) is 3.77. The maximum absolute atomic E-state index is 12.9. The monoisotopic (exact) mass is 357 g/mol. The molecule has 3 rings (SSSR count). The largest absolute Gasteiger partial charge is 0.481 e. The Morgan fingerprint density at radius 2 is 2.00 bits per heavy atom. The van der Waals surface area contributed by atoms with Gasteiger partial charge in [-0.1, -0.05) is 18.2 Å². The van der Waals surface area contributed by atoms with Crippen molar-refractivity contribution in [1.82, 2.24) is 14.7 Å². The van der Waals surface area contributed by atoms with Gasteiger partial charge in [-0.3, -0.25) is 9.59 Å². The van der Waals surface area contributed by atoms with Crippen molar-refractivity contribution >= 4 is 11.9 Å². The molecule has 2 aromatic rings. The molecule has 1 amide bonds. The normalized spacial score (nSPS) is 17.3. The highest BCUT2D eigenvalue weighted by Crippen LogP contribution is 2.20. The van der Waals surface area contributed by atoms with Gasteiger partial charge < -0.3 is 14.7 Å². The lowest BCUT2D eigenvalue weighted by Gasteiger charge is -2.35. The van der Waals surface area contributed by atoms with Gasteiger partial charge in [-0.05, 0) is 26.0 Å². The SMILES string of the molecule is Cc1nn(-c2ccccc2)c(C)c1CC(=O)N1CCOCC1CC(=O)O. The van der Waals surface area contributed by atoms with E-state index in [0.717, 1.165) is 22.6 Å². The zero-order valence-electron chi connectivity index (χ0n) is 15.0. The Labute approximate surface area is 152 Å². The number of rotatable bonds is 5. The number of hydrogen-bond acceptors (Lipinski definition) is 4. The number of nitrogens with zero attached hydrogens (tertiary/aromatic N) is 3. The Hall–Kier alpha value is -2.67. The summed E-state index contributed by atoms with van der Waals surface area (Å²) in [4.78, 5) is 25.5. The Kier molecular flexibility index (Phi) is 5.37. The molecule has 1 aromatic carbocycles. The van der Waals surface area contributed by atoms with Crippen molar-refractivity contribution in [3.05, 3.63) is 47.3 Å². The molecule has 1 N–H and O–H groups in total. The van der Waals surface area contributed by atoms with Gasteiger partial charge in [-0.2, -0.15) is 5.10 Å². The van der Waals surface area contributed by atoms with Crippen LogP contribution in [0.2, 0.25) is 0 Å². The lowest BCUT2D eigenvalue weighted by Crippen LogP contribution is -2.50. The smallest absolute Gasteiger partial charge is 0.305 e. The summed E-state index contributed by atoms with van der Waals surface area (Å²) in [6, 6.07) is 9.35. The zero-order chi connectivity index (χ0) is 18.7. The van der Waals surface area contributed by atoms with Gasteiger partial charge in [-0.15, -0.1) is 0 Å². The van der Waals surface area contributed by atoms with Gasteiger partial charge in [0.25, 0.3) is 0 Å². The summed E-state index contributed by atoms with van der Waals surface area (Å²) >= 11 is 0. The number of benzene rings is 1. The highest BCUT2D eigenvalue weighted by Gasteiger charge is 2.30. The van der Waals surface area contributed by atoms with E-state index in [1.165, 1.54) is 0 Å². The quantitative estimate of drug-likeness (QED) is 0.881. The minimum Gasteiger partial charge on any atom is -0.481 e. The number of aliphatic carboxylic acids is 1. The van der Waals surface area contributed by atoms with Gasteiger partial charge in [0.15, 0.2) is 0 Å². The number of morpholine rings is 1. The maximum atomic E-state index is 12.9. The van der Waals surface area contributed by atoms with Crippen molar-refractivity contribution in [2.24, 2.45) is 0 Å². The molecule has 0 saturated carbocycles. The predicted octanol–water partition coefficient (Wildman–Crippen LogP) is 1.73. The van der Waals surface area contributed by atoms with Crippen LogP contribution < -0.4 is 0 Å². The molecule has 1 fully saturated rings. The topological polar surface area (TPSA) is 84.7 Å². The standard InChI is InChI=1S/C19H23N3O4/c1-13-17(14(2)22(20-13)15-6-4-3-5-7-15)11-18(23)21-8-9-26-12-16(21)10-19(24)25/h3-7,16H,8-12H2,1-2H3,(H,24,25). The minimum absolute atomic E-state index is 0.0849. The van der Waals surface area contributed by atoms with Crippen LogP contribution in [0.3, 0.4) is 0 Å². The van der Waals surface area contributed by atoms with E-state index in [0.29, 0.717) is 13.2 Å². The lowest BCUT2D eigenvalue weighted by molar-refractivity contribution is -0.145. The van der Waals surface area contributed by atoms with E-state index in [4.69, 9.17) is 9.84 Å². The molecular weight excluding hydrogens is 334 g/mol. The van der Waals surface area contributed by atoms with Gasteiger partial charge in [0.05, 0.1) is 43.5 Å². The van der Waals surface area contributed by atoms with Crippen molar-refractivity contribution in [2.45, 2.75) is 32.7 Å². The molecule has 0 aliphatic carbocycles. The maximum Gasteiger partial charge on any atom is 0.305 e. The molecule has 1 aromatic heterocycles. The van der Waals surface area contributed by atoms with Gasteiger partial charge in [0.2, 0.25) is 5.91 Å². The van der Waals surface area contributed by atoms with E-state index in [1.807, 2.05) is 48.9 Å². The number of amides is 1. The van der Waals surface area contributed by atoms with Gasteiger partial charge in [-0.25, -0.2) is 4.68 Å². The summed E-state index contributed by atoms with van der Waals surface area (Å²) in [6.07, 6.45) is 0.105. The fraction of sp³-hybridized carbons (Fsp3) is 0.421. The molecule has 1 aliphatic heterocycles. The Morgan fingerprint density at radius 1 is 1.27 bits per heavy atom. The summed E-state index contributed by atoms with van der Waals surface area (Å²) in [5.41, 5.74) is 3.56. The zero-order valence-corrected chi connectivity index (χ0v) is 15.0. The van der Waals surface area contributed by atoms with Crippen molar-refractivity contribution in [3.8, 4) is 5.69 Å². The molecule has 1 saturated heterocycles. The molecule has 7 heteroatoms. The fourth-order valence-electron chi connectivity index (χ4n) is 3.36. The molecule has 0 radical (unpaired) electrons. The second-order valence-electron chi connectivity index (χ2n) is 6.49. The summed E-state index contributed by atoms with van der Waals surface area (Å²) < 4.78 is 7.19. The van der Waals surface area contributed by atoms with Crippen LogP contribution in [-0.2, 0) is 20.7 Å². The van der Waals surface area contributed by atoms with E-state index >= 15 is 0 Å². The highest BCUT2D eigenvalue weighted by molar-refractivity contribution is 5.80. The van der Waals surface area contributed by atoms with Gasteiger partial charge in [0, 0.05) is 17.8 Å². The number of hydrogen-bond donors (Lipinski definition) is 1. The number of aryl methyl sites for hydroxylation is 1. The molecule has 1 atom stereocenters. The van der Waals surface area contributed by atoms with Gasteiger partial charge >= 0.3 is 5.97 Å². The van der Waals surface area contributed by atoms with Crippen LogP contribution in [0, 0.1) is 13.8 Å². The van der Waals surface area contributed by atoms with Crippen LogP contribution in [-0.4, -0.2) is 57.5 Å². The molecule has 1 unspecified atom stereocenters. The van der Waals surface area contributed by atoms with Crippen molar-refractivity contribution in [2.75, 3.05) is 19.8 Å². The molecule has 2 heterocycles. The van der Waals surface area contributed by atoms with Crippen molar-refractivity contribution in [3.63, 3.8) is 0 Å². The third-order valence-corrected chi connectivity index (χ3v) is 4.73. The van der Waals surface area contributed by atoms with Gasteiger partial charge in [0.1, 0.15) is 0 Å². The second kappa shape index (κ2) is 7.70.